The predicted molar refractivity (Wildman–Crippen MR) is 141 cm³/mol. The topological polar surface area (TPSA) is 34.2 Å². The Kier molecular flexibility index (Phi) is 8.25. The van der Waals surface area contributed by atoms with Crippen LogP contribution in [-0.2, 0) is 0 Å². The highest BCUT2D eigenvalue weighted by Crippen LogP contribution is 2.41. The van der Waals surface area contributed by atoms with Gasteiger partial charge in [-0.25, -0.2) is 0 Å². The monoisotopic (exact) mass is 478 g/mol. The van der Waals surface area contributed by atoms with Crippen LogP contribution in [0.25, 0.3) is 0 Å². The molecule has 0 radical (unpaired) electrons. The maximum atomic E-state index is 6.22. The smallest absolute Gasteiger partial charge is 0.119 e. The van der Waals surface area contributed by atoms with Crippen molar-refractivity contribution < 1.29 is 14.2 Å². The van der Waals surface area contributed by atoms with Gasteiger partial charge in [0.25, 0.3) is 0 Å². The summed E-state index contributed by atoms with van der Waals surface area (Å²) in [4.78, 5) is 6.17. The minimum absolute atomic E-state index is 0.207. The summed E-state index contributed by atoms with van der Waals surface area (Å²) in [6.45, 7) is 1.46. The summed E-state index contributed by atoms with van der Waals surface area (Å²) >= 11 is 1.95. The molecule has 1 aliphatic heterocycles. The molecule has 5 nitrogen and oxygen atoms in total. The fourth-order valence-electron chi connectivity index (χ4n) is 4.28. The van der Waals surface area contributed by atoms with Crippen LogP contribution in [0, 0.1) is 0 Å². The minimum atomic E-state index is 0.207. The number of methoxy groups -OCH3 is 2. The number of rotatable bonds is 9. The summed E-state index contributed by atoms with van der Waals surface area (Å²) in [5.74, 6) is 3.65. The van der Waals surface area contributed by atoms with Crippen molar-refractivity contribution >= 4 is 17.4 Å². The average Bonchev–Trinajstić information content (AvgIpc) is 3.06. The number of para-hydroxylation sites is 1. The molecule has 2 unspecified atom stereocenters. The van der Waals surface area contributed by atoms with Crippen molar-refractivity contribution in [1.82, 2.24) is 4.90 Å². The Morgan fingerprint density at radius 1 is 0.882 bits per heavy atom. The molecule has 0 amide bonds. The van der Waals surface area contributed by atoms with E-state index in [4.69, 9.17) is 14.2 Å². The van der Waals surface area contributed by atoms with Crippen LogP contribution < -0.4 is 19.1 Å². The van der Waals surface area contributed by atoms with Gasteiger partial charge in [0.1, 0.15) is 23.9 Å². The van der Waals surface area contributed by atoms with Gasteiger partial charge in [-0.3, -0.25) is 0 Å². The van der Waals surface area contributed by atoms with Gasteiger partial charge in [0, 0.05) is 17.2 Å². The van der Waals surface area contributed by atoms with Crippen LogP contribution >= 0.6 is 11.8 Å². The van der Waals surface area contributed by atoms with E-state index < -0.39 is 0 Å². The molecule has 0 aliphatic carbocycles. The van der Waals surface area contributed by atoms with Gasteiger partial charge >= 0.3 is 0 Å². The molecule has 180 valence electrons. The number of benzene rings is 3. The van der Waals surface area contributed by atoms with E-state index in [0.29, 0.717) is 6.61 Å². The molecule has 0 N–H and O–H groups in total. The zero-order valence-corrected chi connectivity index (χ0v) is 21.3. The summed E-state index contributed by atoms with van der Waals surface area (Å²) in [5, 5.41) is 0. The molecule has 0 bridgehead atoms. The molecule has 2 atom stereocenters. The molecule has 3 aromatic carbocycles. The fourth-order valence-corrected chi connectivity index (χ4v) is 5.34. The van der Waals surface area contributed by atoms with Crippen molar-refractivity contribution in [1.29, 1.82) is 0 Å². The second-order valence-corrected chi connectivity index (χ2v) is 9.79. The van der Waals surface area contributed by atoms with Crippen molar-refractivity contribution in [2.24, 2.45) is 0 Å². The van der Waals surface area contributed by atoms with Crippen LogP contribution in [0.15, 0.2) is 77.7 Å². The molecule has 0 fully saturated rings. The molecule has 6 heteroatoms. The number of ether oxygens (including phenoxy) is 3. The Hall–Kier alpha value is -2.83. The van der Waals surface area contributed by atoms with Crippen molar-refractivity contribution in [3.05, 3.63) is 78.4 Å². The van der Waals surface area contributed by atoms with E-state index in [1.807, 2.05) is 36.0 Å². The minimum Gasteiger partial charge on any atom is -0.497 e. The molecule has 34 heavy (non-hydrogen) atoms. The Bertz CT molecular complexity index is 1040. The number of hydrogen-bond donors (Lipinski definition) is 0. The highest BCUT2D eigenvalue weighted by atomic mass is 32.2. The lowest BCUT2D eigenvalue weighted by molar-refractivity contribution is 0.185. The van der Waals surface area contributed by atoms with Gasteiger partial charge in [-0.2, -0.15) is 0 Å². The third kappa shape index (κ3) is 5.80. The van der Waals surface area contributed by atoms with E-state index in [-0.39, 0.29) is 12.1 Å². The summed E-state index contributed by atoms with van der Waals surface area (Å²) < 4.78 is 16.9. The quantitative estimate of drug-likeness (QED) is 0.389. The normalized spacial score (nSPS) is 16.5. The van der Waals surface area contributed by atoms with Crippen LogP contribution in [0.2, 0.25) is 0 Å². The maximum Gasteiger partial charge on any atom is 0.119 e. The third-order valence-electron chi connectivity index (χ3n) is 6.34. The Balaban J connectivity index is 1.59. The van der Waals surface area contributed by atoms with E-state index in [1.54, 1.807) is 14.2 Å². The first-order valence-electron chi connectivity index (χ1n) is 11.6. The van der Waals surface area contributed by atoms with Gasteiger partial charge < -0.3 is 24.0 Å². The SMILES string of the molecule is COc1ccc(OCC(CN2c3ccccc3SCCC2c2ccc(OC)cc2)N(C)C)cc1. The first-order valence-corrected chi connectivity index (χ1v) is 12.6. The average molecular weight is 479 g/mol. The second-order valence-electron chi connectivity index (χ2n) is 8.65. The summed E-state index contributed by atoms with van der Waals surface area (Å²) in [6, 6.07) is 25.6. The number of fused-ring (bicyclic) bond motifs is 1. The van der Waals surface area contributed by atoms with E-state index in [2.05, 4.69) is 72.4 Å². The van der Waals surface area contributed by atoms with Crippen LogP contribution in [0.5, 0.6) is 17.2 Å². The highest BCUT2D eigenvalue weighted by molar-refractivity contribution is 7.99. The van der Waals surface area contributed by atoms with Crippen LogP contribution in [0.3, 0.4) is 0 Å². The van der Waals surface area contributed by atoms with Crippen molar-refractivity contribution in [3.8, 4) is 17.2 Å². The molecule has 0 saturated heterocycles. The largest absolute Gasteiger partial charge is 0.497 e. The molecular weight excluding hydrogens is 444 g/mol. The van der Waals surface area contributed by atoms with E-state index in [0.717, 1.165) is 36.0 Å². The van der Waals surface area contributed by atoms with Gasteiger partial charge in [0.15, 0.2) is 0 Å². The van der Waals surface area contributed by atoms with Crippen LogP contribution in [0.4, 0.5) is 5.69 Å². The lowest BCUT2D eigenvalue weighted by atomic mass is 10.0. The molecule has 0 saturated carbocycles. The number of likely N-dealkylation sites (N-methyl/N-ethyl adjacent to an activating group) is 1. The van der Waals surface area contributed by atoms with Gasteiger partial charge in [-0.15, -0.1) is 11.8 Å². The third-order valence-corrected chi connectivity index (χ3v) is 7.44. The Labute approximate surface area is 207 Å². The van der Waals surface area contributed by atoms with E-state index in [9.17, 15) is 0 Å². The van der Waals surface area contributed by atoms with Crippen LogP contribution in [0.1, 0.15) is 18.0 Å². The molecule has 3 aromatic rings. The van der Waals surface area contributed by atoms with E-state index >= 15 is 0 Å². The first kappa shape index (κ1) is 24.3. The van der Waals surface area contributed by atoms with Crippen molar-refractivity contribution in [2.45, 2.75) is 23.4 Å². The molecular formula is C28H34N2O3S. The molecule has 0 spiro atoms. The van der Waals surface area contributed by atoms with Crippen molar-refractivity contribution in [2.75, 3.05) is 52.1 Å². The predicted octanol–water partition coefficient (Wildman–Crippen LogP) is 5.76. The standard InChI is InChI=1S/C28H34N2O3S/c1-29(2)22(20-33-25-15-13-24(32-4)14-16-25)19-30-26(21-9-11-23(31-3)12-10-21)17-18-34-28-8-6-5-7-27(28)30/h5-16,22,26H,17-20H2,1-4H3. The molecule has 4 rings (SSSR count). The molecule has 1 heterocycles. The second kappa shape index (κ2) is 11.5. The number of nitrogens with zero attached hydrogens (tertiary/aromatic N) is 2. The number of hydrogen-bond acceptors (Lipinski definition) is 6. The lowest BCUT2D eigenvalue weighted by Gasteiger charge is -2.38. The summed E-state index contributed by atoms with van der Waals surface area (Å²) in [5.41, 5.74) is 2.61. The van der Waals surface area contributed by atoms with Crippen LogP contribution in [-0.4, -0.2) is 58.2 Å². The fraction of sp³-hybridized carbons (Fsp3) is 0.357. The summed E-state index contributed by atoms with van der Waals surface area (Å²) in [7, 11) is 7.64. The van der Waals surface area contributed by atoms with Gasteiger partial charge in [0.05, 0.1) is 32.0 Å². The number of anilines is 1. The number of thioether (sulfide) groups is 1. The highest BCUT2D eigenvalue weighted by Gasteiger charge is 2.29. The van der Waals surface area contributed by atoms with Gasteiger partial charge in [-0.1, -0.05) is 24.3 Å². The maximum absolute atomic E-state index is 6.22. The van der Waals surface area contributed by atoms with Gasteiger partial charge in [-0.05, 0) is 74.6 Å². The van der Waals surface area contributed by atoms with Gasteiger partial charge in [0.2, 0.25) is 0 Å². The van der Waals surface area contributed by atoms with E-state index in [1.165, 1.54) is 16.1 Å². The Morgan fingerprint density at radius 3 is 2.15 bits per heavy atom. The van der Waals surface area contributed by atoms with Crippen molar-refractivity contribution in [3.63, 3.8) is 0 Å². The first-order chi connectivity index (χ1) is 16.6. The molecule has 0 aromatic heterocycles. The molecule has 1 aliphatic rings. The lowest BCUT2D eigenvalue weighted by Crippen LogP contribution is -2.45. The summed E-state index contributed by atoms with van der Waals surface area (Å²) in [6.07, 6.45) is 1.07. The Morgan fingerprint density at radius 2 is 1.50 bits per heavy atom. The zero-order chi connectivity index (χ0) is 23.9. The zero-order valence-electron chi connectivity index (χ0n) is 20.4.